The summed E-state index contributed by atoms with van der Waals surface area (Å²) in [6, 6.07) is 0. The van der Waals surface area contributed by atoms with Crippen molar-refractivity contribution >= 4 is 11.6 Å². The first-order valence-electron chi connectivity index (χ1n) is 6.62. The second-order valence-corrected chi connectivity index (χ2v) is 7.46. The van der Waals surface area contributed by atoms with Gasteiger partial charge in [-0.25, -0.2) is 0 Å². The number of ketones is 2. The van der Waals surface area contributed by atoms with Gasteiger partial charge in [0, 0.05) is 10.8 Å². The molecule has 0 aromatic carbocycles. The molecule has 98 valence electrons. The SMILES string of the molecule is CC(C)(C)C(=O)C(CC1CC1)C(=O)C(C)(C)C. The van der Waals surface area contributed by atoms with Crippen LogP contribution in [0.5, 0.6) is 0 Å². The van der Waals surface area contributed by atoms with Crippen LogP contribution in [0.3, 0.4) is 0 Å². The summed E-state index contributed by atoms with van der Waals surface area (Å²) < 4.78 is 0. The fourth-order valence-corrected chi connectivity index (χ4v) is 2.07. The maximum Gasteiger partial charge on any atom is 0.148 e. The van der Waals surface area contributed by atoms with Gasteiger partial charge in [-0.1, -0.05) is 54.4 Å². The Labute approximate surface area is 105 Å². The van der Waals surface area contributed by atoms with Gasteiger partial charge >= 0.3 is 0 Å². The molecule has 0 spiro atoms. The summed E-state index contributed by atoms with van der Waals surface area (Å²) in [5.41, 5.74) is -0.832. The number of carbonyl (C=O) groups excluding carboxylic acids is 2. The number of hydrogen-bond acceptors (Lipinski definition) is 2. The van der Waals surface area contributed by atoms with Gasteiger partial charge in [0.05, 0.1) is 5.92 Å². The molecule has 1 fully saturated rings. The molecule has 0 aliphatic heterocycles. The summed E-state index contributed by atoms with van der Waals surface area (Å²) in [7, 11) is 0. The van der Waals surface area contributed by atoms with Crippen molar-refractivity contribution in [2.75, 3.05) is 0 Å². The Balaban J connectivity index is 2.87. The highest BCUT2D eigenvalue weighted by molar-refractivity contribution is 6.06. The van der Waals surface area contributed by atoms with Gasteiger partial charge in [-0.3, -0.25) is 9.59 Å². The molecule has 1 rings (SSSR count). The predicted octanol–water partition coefficient (Wildman–Crippen LogP) is 3.63. The molecule has 0 unspecified atom stereocenters. The van der Waals surface area contributed by atoms with E-state index in [1.54, 1.807) is 0 Å². The minimum absolute atomic E-state index is 0.115. The van der Waals surface area contributed by atoms with E-state index in [0.29, 0.717) is 5.92 Å². The van der Waals surface area contributed by atoms with Crippen LogP contribution in [0.2, 0.25) is 0 Å². The first kappa shape index (κ1) is 14.4. The zero-order chi connectivity index (χ0) is 13.4. The van der Waals surface area contributed by atoms with Gasteiger partial charge in [-0.15, -0.1) is 0 Å². The molecule has 1 aliphatic carbocycles. The third-order valence-electron chi connectivity index (χ3n) is 3.38. The fraction of sp³-hybridized carbons (Fsp3) is 0.867. The molecular weight excluding hydrogens is 212 g/mol. The molecule has 0 aromatic rings. The van der Waals surface area contributed by atoms with Crippen molar-refractivity contribution in [2.45, 2.75) is 60.8 Å². The van der Waals surface area contributed by atoms with Crippen LogP contribution < -0.4 is 0 Å². The van der Waals surface area contributed by atoms with Crippen LogP contribution in [0.25, 0.3) is 0 Å². The third kappa shape index (κ3) is 3.93. The smallest absolute Gasteiger partial charge is 0.148 e. The maximum absolute atomic E-state index is 12.4. The van der Waals surface area contributed by atoms with Gasteiger partial charge in [-0.05, 0) is 12.3 Å². The first-order valence-corrected chi connectivity index (χ1v) is 6.62. The van der Waals surface area contributed by atoms with Gasteiger partial charge in [-0.2, -0.15) is 0 Å². The van der Waals surface area contributed by atoms with E-state index in [-0.39, 0.29) is 17.5 Å². The minimum atomic E-state index is -0.416. The summed E-state index contributed by atoms with van der Waals surface area (Å²) in [4.78, 5) is 24.8. The van der Waals surface area contributed by atoms with Gasteiger partial charge in [0.2, 0.25) is 0 Å². The lowest BCUT2D eigenvalue weighted by atomic mass is 9.73. The van der Waals surface area contributed by atoms with E-state index < -0.39 is 10.8 Å². The lowest BCUT2D eigenvalue weighted by Gasteiger charge is -2.28. The summed E-state index contributed by atoms with van der Waals surface area (Å²) in [5.74, 6) is 0.453. The Kier molecular flexibility index (Phi) is 3.85. The molecule has 1 saturated carbocycles. The first-order chi connectivity index (χ1) is 7.53. The molecule has 2 nitrogen and oxygen atoms in total. The molecule has 0 aromatic heterocycles. The zero-order valence-corrected chi connectivity index (χ0v) is 12.1. The molecule has 0 saturated heterocycles. The maximum atomic E-state index is 12.4. The molecule has 0 radical (unpaired) electrons. The highest BCUT2D eigenvalue weighted by Gasteiger charge is 2.41. The second kappa shape index (κ2) is 4.55. The fourth-order valence-electron chi connectivity index (χ4n) is 2.07. The highest BCUT2D eigenvalue weighted by Crippen LogP contribution is 2.39. The van der Waals surface area contributed by atoms with Gasteiger partial charge < -0.3 is 0 Å². The van der Waals surface area contributed by atoms with Crippen molar-refractivity contribution in [1.82, 2.24) is 0 Å². The van der Waals surface area contributed by atoms with Crippen LogP contribution in [0.1, 0.15) is 60.8 Å². The van der Waals surface area contributed by atoms with E-state index in [1.165, 1.54) is 12.8 Å². The molecule has 17 heavy (non-hydrogen) atoms. The topological polar surface area (TPSA) is 34.1 Å². The molecule has 1 aliphatic rings. The Hall–Kier alpha value is -0.660. The van der Waals surface area contributed by atoms with E-state index in [0.717, 1.165) is 6.42 Å². The lowest BCUT2D eigenvalue weighted by Crippen LogP contribution is -2.39. The van der Waals surface area contributed by atoms with Crippen molar-refractivity contribution in [3.8, 4) is 0 Å². The van der Waals surface area contributed by atoms with E-state index in [1.807, 2.05) is 41.5 Å². The lowest BCUT2D eigenvalue weighted by molar-refractivity contribution is -0.142. The Morgan fingerprint density at radius 2 is 1.29 bits per heavy atom. The summed E-state index contributed by atoms with van der Waals surface area (Å²) in [5, 5.41) is 0. The largest absolute Gasteiger partial charge is 0.298 e. The summed E-state index contributed by atoms with van der Waals surface area (Å²) in [6.07, 6.45) is 3.14. The monoisotopic (exact) mass is 238 g/mol. The molecule has 0 N–H and O–H groups in total. The van der Waals surface area contributed by atoms with Gasteiger partial charge in [0.25, 0.3) is 0 Å². The normalized spacial score (nSPS) is 17.4. The van der Waals surface area contributed by atoms with Crippen LogP contribution in [-0.2, 0) is 9.59 Å². The molecule has 0 atom stereocenters. The Morgan fingerprint density at radius 3 is 1.53 bits per heavy atom. The highest BCUT2D eigenvalue weighted by atomic mass is 16.2. The molecule has 0 bridgehead atoms. The van der Waals surface area contributed by atoms with Crippen molar-refractivity contribution < 1.29 is 9.59 Å². The predicted molar refractivity (Wildman–Crippen MR) is 69.8 cm³/mol. The van der Waals surface area contributed by atoms with E-state index in [2.05, 4.69) is 0 Å². The summed E-state index contributed by atoms with van der Waals surface area (Å²) >= 11 is 0. The van der Waals surface area contributed by atoms with Crippen LogP contribution in [0.4, 0.5) is 0 Å². The Bertz CT molecular complexity index is 285. The standard InChI is InChI=1S/C15H26O2/c1-14(2,3)12(16)11(9-10-7-8-10)13(17)15(4,5)6/h10-11H,7-9H2,1-6H3. The Morgan fingerprint density at radius 1 is 0.941 bits per heavy atom. The number of Topliss-reactive ketones (excluding diaryl/α,β-unsaturated/α-hetero) is 2. The molecular formula is C15H26O2. The molecule has 2 heteroatoms. The van der Waals surface area contributed by atoms with E-state index >= 15 is 0 Å². The zero-order valence-electron chi connectivity index (χ0n) is 12.1. The van der Waals surface area contributed by atoms with Crippen molar-refractivity contribution in [2.24, 2.45) is 22.7 Å². The third-order valence-corrected chi connectivity index (χ3v) is 3.38. The average Bonchev–Trinajstić information content (AvgIpc) is 2.92. The minimum Gasteiger partial charge on any atom is -0.298 e. The second-order valence-electron chi connectivity index (χ2n) is 7.46. The van der Waals surface area contributed by atoms with Crippen molar-refractivity contribution in [1.29, 1.82) is 0 Å². The van der Waals surface area contributed by atoms with Gasteiger partial charge in [0.1, 0.15) is 11.6 Å². The van der Waals surface area contributed by atoms with Crippen LogP contribution in [-0.4, -0.2) is 11.6 Å². The number of carbonyl (C=O) groups is 2. The number of hydrogen-bond donors (Lipinski definition) is 0. The van der Waals surface area contributed by atoms with Crippen LogP contribution in [0, 0.1) is 22.7 Å². The van der Waals surface area contributed by atoms with Crippen LogP contribution >= 0.6 is 0 Å². The summed E-state index contributed by atoms with van der Waals surface area (Å²) in [6.45, 7) is 11.4. The van der Waals surface area contributed by atoms with E-state index in [4.69, 9.17) is 0 Å². The average molecular weight is 238 g/mol. The number of rotatable bonds is 4. The van der Waals surface area contributed by atoms with E-state index in [9.17, 15) is 9.59 Å². The van der Waals surface area contributed by atoms with Crippen molar-refractivity contribution in [3.05, 3.63) is 0 Å². The van der Waals surface area contributed by atoms with Crippen molar-refractivity contribution in [3.63, 3.8) is 0 Å². The molecule has 0 amide bonds. The van der Waals surface area contributed by atoms with Gasteiger partial charge in [0.15, 0.2) is 0 Å². The van der Waals surface area contributed by atoms with Crippen LogP contribution in [0.15, 0.2) is 0 Å². The quantitative estimate of drug-likeness (QED) is 0.701. The molecule has 0 heterocycles.